The number of aromatic nitrogens is 1. The maximum atomic E-state index is 12.1. The van der Waals surface area contributed by atoms with E-state index < -0.39 is 0 Å². The van der Waals surface area contributed by atoms with Gasteiger partial charge in [0.2, 0.25) is 0 Å². The molecular formula is C16H17N3O. The molecule has 1 amide bonds. The summed E-state index contributed by atoms with van der Waals surface area (Å²) < 4.78 is 1.99. The summed E-state index contributed by atoms with van der Waals surface area (Å²) in [6.07, 6.45) is 3.71. The molecule has 0 radical (unpaired) electrons. The van der Waals surface area contributed by atoms with Crippen LogP contribution in [-0.4, -0.2) is 10.5 Å². The Balaban J connectivity index is 2.16. The second-order valence-electron chi connectivity index (χ2n) is 5.63. The van der Waals surface area contributed by atoms with Crippen LogP contribution in [0.1, 0.15) is 36.7 Å². The highest BCUT2D eigenvalue weighted by molar-refractivity contribution is 6.04. The van der Waals surface area contributed by atoms with Gasteiger partial charge in [-0.2, -0.15) is 5.26 Å². The molecule has 1 aromatic heterocycles. The predicted octanol–water partition coefficient (Wildman–Crippen LogP) is 3.37. The fourth-order valence-electron chi connectivity index (χ4n) is 1.82. The van der Waals surface area contributed by atoms with Crippen molar-refractivity contribution < 1.29 is 4.79 Å². The molecule has 2 aromatic rings. The van der Waals surface area contributed by atoms with Gasteiger partial charge >= 0.3 is 0 Å². The third-order valence-electron chi connectivity index (χ3n) is 2.98. The summed E-state index contributed by atoms with van der Waals surface area (Å²) in [5.41, 5.74) is 1.69. The summed E-state index contributed by atoms with van der Waals surface area (Å²) in [5, 5.41) is 11.6. The molecule has 1 aromatic carbocycles. The molecule has 0 atom stereocenters. The summed E-state index contributed by atoms with van der Waals surface area (Å²) in [7, 11) is 0. The molecule has 0 aliphatic rings. The summed E-state index contributed by atoms with van der Waals surface area (Å²) in [4.78, 5) is 12.1. The Morgan fingerprint density at radius 2 is 2.05 bits per heavy atom. The maximum Gasteiger partial charge on any atom is 0.257 e. The van der Waals surface area contributed by atoms with E-state index in [4.69, 9.17) is 5.26 Å². The first-order chi connectivity index (χ1) is 9.40. The molecule has 0 saturated carbocycles. The first-order valence-electron chi connectivity index (χ1n) is 6.40. The van der Waals surface area contributed by atoms with Gasteiger partial charge in [0.05, 0.1) is 17.2 Å². The molecule has 0 fully saturated rings. The second-order valence-corrected chi connectivity index (χ2v) is 5.63. The lowest BCUT2D eigenvalue weighted by Gasteiger charge is -2.20. The van der Waals surface area contributed by atoms with Crippen LogP contribution >= 0.6 is 0 Å². The number of nitrogens with one attached hydrogen (secondary N) is 1. The fourth-order valence-corrected chi connectivity index (χ4v) is 1.82. The van der Waals surface area contributed by atoms with Gasteiger partial charge in [-0.3, -0.25) is 4.79 Å². The zero-order valence-corrected chi connectivity index (χ0v) is 11.8. The normalized spacial score (nSPS) is 10.9. The molecule has 0 aliphatic carbocycles. The first kappa shape index (κ1) is 13.9. The summed E-state index contributed by atoms with van der Waals surface area (Å²) in [5.74, 6) is -0.178. The average Bonchev–Trinajstić information content (AvgIpc) is 2.88. The third kappa shape index (κ3) is 3.07. The van der Waals surface area contributed by atoms with Crippen LogP contribution in [0.2, 0.25) is 0 Å². The van der Waals surface area contributed by atoms with E-state index in [-0.39, 0.29) is 11.4 Å². The average molecular weight is 267 g/mol. The Morgan fingerprint density at radius 3 is 2.65 bits per heavy atom. The van der Waals surface area contributed by atoms with Crippen LogP contribution in [0.15, 0.2) is 42.7 Å². The molecule has 4 heteroatoms. The van der Waals surface area contributed by atoms with Crippen molar-refractivity contribution in [2.75, 3.05) is 5.32 Å². The number of nitrogens with zero attached hydrogens (tertiary/aromatic N) is 2. The van der Waals surface area contributed by atoms with Gasteiger partial charge in [-0.1, -0.05) is 6.07 Å². The number of carbonyl (C=O) groups excluding carboxylic acids is 1. The molecule has 4 nitrogen and oxygen atoms in total. The lowest BCUT2D eigenvalue weighted by molar-refractivity contribution is 0.102. The zero-order valence-electron chi connectivity index (χ0n) is 11.8. The van der Waals surface area contributed by atoms with Crippen LogP contribution in [0.5, 0.6) is 0 Å². The first-order valence-corrected chi connectivity index (χ1v) is 6.40. The Morgan fingerprint density at radius 1 is 1.30 bits per heavy atom. The standard InChI is InChI=1S/C16H17N3O/c1-16(2,3)19-8-7-13(11-19)15(20)18-14-6-4-5-12(9-14)10-17/h4-9,11H,1-3H3,(H,18,20). The highest BCUT2D eigenvalue weighted by Crippen LogP contribution is 2.17. The predicted molar refractivity (Wildman–Crippen MR) is 78.5 cm³/mol. The van der Waals surface area contributed by atoms with E-state index in [9.17, 15) is 4.79 Å². The molecule has 20 heavy (non-hydrogen) atoms. The third-order valence-corrected chi connectivity index (χ3v) is 2.98. The van der Waals surface area contributed by atoms with Gasteiger partial charge in [-0.05, 0) is 45.0 Å². The van der Waals surface area contributed by atoms with Gasteiger partial charge in [0.25, 0.3) is 5.91 Å². The van der Waals surface area contributed by atoms with E-state index >= 15 is 0 Å². The Hall–Kier alpha value is -2.54. The van der Waals surface area contributed by atoms with Crippen molar-refractivity contribution >= 4 is 11.6 Å². The molecular weight excluding hydrogens is 250 g/mol. The summed E-state index contributed by atoms with van der Waals surface area (Å²) in [6, 6.07) is 10.7. The molecule has 1 N–H and O–H groups in total. The smallest absolute Gasteiger partial charge is 0.257 e. The van der Waals surface area contributed by atoms with Crippen LogP contribution in [0, 0.1) is 11.3 Å². The van der Waals surface area contributed by atoms with Crippen molar-refractivity contribution in [2.45, 2.75) is 26.3 Å². The lowest BCUT2D eigenvalue weighted by Crippen LogP contribution is -2.20. The van der Waals surface area contributed by atoms with E-state index in [1.54, 1.807) is 30.3 Å². The number of anilines is 1. The van der Waals surface area contributed by atoms with Gasteiger partial charge in [0.15, 0.2) is 0 Å². The minimum Gasteiger partial charge on any atom is -0.348 e. The molecule has 0 aliphatic heterocycles. The molecule has 0 saturated heterocycles. The lowest BCUT2D eigenvalue weighted by atomic mass is 10.1. The fraction of sp³-hybridized carbons (Fsp3) is 0.250. The van der Waals surface area contributed by atoms with E-state index in [1.165, 1.54) is 0 Å². The van der Waals surface area contributed by atoms with E-state index in [1.807, 2.05) is 23.0 Å². The van der Waals surface area contributed by atoms with Crippen molar-refractivity contribution in [1.29, 1.82) is 5.26 Å². The molecule has 1 heterocycles. The molecule has 0 bridgehead atoms. The zero-order chi connectivity index (χ0) is 14.8. The highest BCUT2D eigenvalue weighted by Gasteiger charge is 2.15. The monoisotopic (exact) mass is 267 g/mol. The van der Waals surface area contributed by atoms with Crippen molar-refractivity contribution in [2.24, 2.45) is 0 Å². The number of nitriles is 1. The number of carbonyl (C=O) groups is 1. The van der Waals surface area contributed by atoms with Gasteiger partial charge in [-0.25, -0.2) is 0 Å². The molecule has 2 rings (SSSR count). The van der Waals surface area contributed by atoms with Crippen molar-refractivity contribution in [3.63, 3.8) is 0 Å². The SMILES string of the molecule is CC(C)(C)n1ccc(C(=O)Nc2cccc(C#N)c2)c1. The number of hydrogen-bond acceptors (Lipinski definition) is 2. The van der Waals surface area contributed by atoms with E-state index in [2.05, 4.69) is 26.1 Å². The minimum atomic E-state index is -0.178. The van der Waals surface area contributed by atoms with Crippen LogP contribution in [-0.2, 0) is 5.54 Å². The van der Waals surface area contributed by atoms with Gasteiger partial charge < -0.3 is 9.88 Å². The van der Waals surface area contributed by atoms with Gasteiger partial charge in [-0.15, -0.1) is 0 Å². The number of rotatable bonds is 2. The molecule has 0 spiro atoms. The van der Waals surface area contributed by atoms with Crippen LogP contribution in [0.25, 0.3) is 0 Å². The highest BCUT2D eigenvalue weighted by atomic mass is 16.1. The number of hydrogen-bond donors (Lipinski definition) is 1. The summed E-state index contributed by atoms with van der Waals surface area (Å²) >= 11 is 0. The van der Waals surface area contributed by atoms with Crippen molar-refractivity contribution in [1.82, 2.24) is 4.57 Å². The van der Waals surface area contributed by atoms with Crippen molar-refractivity contribution in [3.05, 3.63) is 53.9 Å². The van der Waals surface area contributed by atoms with Crippen LogP contribution in [0.3, 0.4) is 0 Å². The van der Waals surface area contributed by atoms with Gasteiger partial charge in [0, 0.05) is 23.6 Å². The van der Waals surface area contributed by atoms with Gasteiger partial charge in [0.1, 0.15) is 0 Å². The van der Waals surface area contributed by atoms with E-state index in [0.29, 0.717) is 16.8 Å². The van der Waals surface area contributed by atoms with Crippen molar-refractivity contribution in [3.8, 4) is 6.07 Å². The number of amides is 1. The van der Waals surface area contributed by atoms with Crippen LogP contribution < -0.4 is 5.32 Å². The Bertz CT molecular complexity index is 672. The topological polar surface area (TPSA) is 57.8 Å². The second kappa shape index (κ2) is 5.22. The Labute approximate surface area is 118 Å². The van der Waals surface area contributed by atoms with E-state index in [0.717, 1.165) is 0 Å². The molecule has 102 valence electrons. The Kier molecular flexibility index (Phi) is 3.62. The minimum absolute atomic E-state index is 0.0563. The molecule has 0 unspecified atom stereocenters. The maximum absolute atomic E-state index is 12.1. The summed E-state index contributed by atoms with van der Waals surface area (Å²) in [6.45, 7) is 6.22. The van der Waals surface area contributed by atoms with Crippen LogP contribution in [0.4, 0.5) is 5.69 Å². The quantitative estimate of drug-likeness (QED) is 0.907. The largest absolute Gasteiger partial charge is 0.348 e. The number of benzene rings is 1.